The van der Waals surface area contributed by atoms with Gasteiger partial charge in [0.25, 0.3) is 5.91 Å². The van der Waals surface area contributed by atoms with Gasteiger partial charge in [0, 0.05) is 25.0 Å². The molecule has 0 aliphatic rings. The van der Waals surface area contributed by atoms with Gasteiger partial charge in [-0.2, -0.15) is 0 Å². The Bertz CT molecular complexity index is 1050. The van der Waals surface area contributed by atoms with Crippen molar-refractivity contribution in [2.24, 2.45) is 0 Å². The molecule has 0 spiro atoms. The molecule has 2 rings (SSSR count). The fourth-order valence-corrected chi connectivity index (χ4v) is 4.04. The smallest absolute Gasteiger partial charge is 0.306 e. The summed E-state index contributed by atoms with van der Waals surface area (Å²) in [5, 5.41) is 3.18. The molecule has 168 valence electrons. The second-order valence-corrected chi connectivity index (χ2v) is 9.52. The molecule has 0 aliphatic carbocycles. The van der Waals surface area contributed by atoms with Gasteiger partial charge in [0.15, 0.2) is 6.10 Å². The molecule has 1 N–H and O–H groups in total. The van der Waals surface area contributed by atoms with Crippen molar-refractivity contribution in [1.29, 1.82) is 0 Å². The van der Waals surface area contributed by atoms with E-state index >= 15 is 0 Å². The number of amides is 1. The summed E-state index contributed by atoms with van der Waals surface area (Å²) in [6, 6.07) is 9.00. The van der Waals surface area contributed by atoms with Crippen LogP contribution in [0.1, 0.15) is 19.8 Å². The monoisotopic (exact) mass is 490 g/mol. The van der Waals surface area contributed by atoms with Gasteiger partial charge in [-0.15, -0.1) is 0 Å². The Balaban J connectivity index is 1.82. The molecule has 7 nitrogen and oxygen atoms in total. The number of nitrogens with zero attached hydrogens (tertiary/aromatic N) is 1. The van der Waals surface area contributed by atoms with Crippen molar-refractivity contribution in [2.75, 3.05) is 18.9 Å². The highest BCUT2D eigenvalue weighted by molar-refractivity contribution is 7.89. The van der Waals surface area contributed by atoms with E-state index in [-0.39, 0.29) is 35.0 Å². The van der Waals surface area contributed by atoms with Gasteiger partial charge in [0.1, 0.15) is 5.82 Å². The van der Waals surface area contributed by atoms with Crippen LogP contribution in [0.4, 0.5) is 10.1 Å². The zero-order chi connectivity index (χ0) is 23.2. The molecule has 0 radical (unpaired) electrons. The molecule has 0 saturated carbocycles. The molecule has 1 unspecified atom stereocenters. The van der Waals surface area contributed by atoms with Crippen molar-refractivity contribution in [3.05, 3.63) is 58.3 Å². The van der Waals surface area contributed by atoms with Crippen LogP contribution in [-0.4, -0.2) is 44.3 Å². The fraction of sp³-hybridized carbons (Fsp3) is 0.300. The zero-order valence-corrected chi connectivity index (χ0v) is 19.1. The number of anilines is 1. The molecule has 0 fully saturated rings. The van der Waals surface area contributed by atoms with E-state index in [1.54, 1.807) is 6.07 Å². The molecule has 0 bridgehead atoms. The van der Waals surface area contributed by atoms with Crippen LogP contribution < -0.4 is 5.32 Å². The van der Waals surface area contributed by atoms with Crippen molar-refractivity contribution < 1.29 is 27.1 Å². The number of ether oxygens (including phenoxy) is 1. The minimum absolute atomic E-state index is 0.0352. The molecule has 1 amide bonds. The molecular weight excluding hydrogens is 470 g/mol. The first-order valence-corrected chi connectivity index (χ1v) is 11.4. The van der Waals surface area contributed by atoms with E-state index in [9.17, 15) is 22.4 Å². The normalized spacial score (nSPS) is 12.5. The predicted octanol–water partition coefficient (Wildman–Crippen LogP) is 4.10. The van der Waals surface area contributed by atoms with Crippen LogP contribution >= 0.6 is 23.2 Å². The quantitative estimate of drug-likeness (QED) is 0.534. The lowest BCUT2D eigenvalue weighted by atomic mass is 10.3. The number of benzene rings is 2. The number of hydrogen-bond acceptors (Lipinski definition) is 5. The SMILES string of the molecule is CC(OC(=O)CCCN(C)S(=O)(=O)c1ccc(F)cc1)C(=O)Nc1cc(Cl)ccc1Cl. The third-order valence-corrected chi connectivity index (χ3v) is 6.68. The molecule has 11 heteroatoms. The van der Waals surface area contributed by atoms with Crippen LogP contribution in [0.15, 0.2) is 47.4 Å². The topological polar surface area (TPSA) is 92.8 Å². The van der Waals surface area contributed by atoms with E-state index in [0.717, 1.165) is 16.4 Å². The first kappa shape index (κ1) is 25.1. The molecule has 31 heavy (non-hydrogen) atoms. The molecule has 0 saturated heterocycles. The van der Waals surface area contributed by atoms with E-state index in [4.69, 9.17) is 27.9 Å². The molecule has 2 aromatic carbocycles. The number of sulfonamides is 1. The second kappa shape index (κ2) is 10.9. The van der Waals surface area contributed by atoms with Gasteiger partial charge >= 0.3 is 5.97 Å². The van der Waals surface area contributed by atoms with Gasteiger partial charge in [-0.1, -0.05) is 23.2 Å². The lowest BCUT2D eigenvalue weighted by molar-refractivity contribution is -0.153. The van der Waals surface area contributed by atoms with Crippen LogP contribution in [0.25, 0.3) is 0 Å². The lowest BCUT2D eigenvalue weighted by Crippen LogP contribution is -2.31. The summed E-state index contributed by atoms with van der Waals surface area (Å²) in [6.45, 7) is 1.43. The number of halogens is 3. The number of nitrogens with one attached hydrogen (secondary N) is 1. The largest absolute Gasteiger partial charge is 0.453 e. The van der Waals surface area contributed by atoms with Crippen LogP contribution in [-0.2, 0) is 24.3 Å². The van der Waals surface area contributed by atoms with Gasteiger partial charge in [-0.05, 0) is 55.8 Å². The van der Waals surface area contributed by atoms with Crippen molar-refractivity contribution in [2.45, 2.75) is 30.8 Å². The Kier molecular flexibility index (Phi) is 8.81. The zero-order valence-electron chi connectivity index (χ0n) is 16.8. The number of carbonyl (C=O) groups is 2. The number of rotatable bonds is 9. The Labute approximate surface area is 190 Å². The Morgan fingerprint density at radius 3 is 2.45 bits per heavy atom. The van der Waals surface area contributed by atoms with Gasteiger partial charge < -0.3 is 10.1 Å². The van der Waals surface area contributed by atoms with Crippen LogP contribution in [0.5, 0.6) is 0 Å². The van der Waals surface area contributed by atoms with Gasteiger partial charge in [-0.3, -0.25) is 9.59 Å². The number of carbonyl (C=O) groups excluding carboxylic acids is 2. The molecule has 1 atom stereocenters. The van der Waals surface area contributed by atoms with Gasteiger partial charge in [0.2, 0.25) is 10.0 Å². The van der Waals surface area contributed by atoms with E-state index < -0.39 is 33.8 Å². The summed E-state index contributed by atoms with van der Waals surface area (Å²) in [6.07, 6.45) is -1.02. The summed E-state index contributed by atoms with van der Waals surface area (Å²) in [5.74, 6) is -1.79. The van der Waals surface area contributed by atoms with Crippen LogP contribution in [0.2, 0.25) is 10.0 Å². The number of esters is 1. The standard InChI is InChI=1S/C20H21Cl2FN2O5S/c1-13(20(27)24-18-12-14(21)5-10-17(18)22)30-19(26)4-3-11-25(2)31(28,29)16-8-6-15(23)7-9-16/h5-10,12-13H,3-4,11H2,1-2H3,(H,24,27). The molecule has 0 aromatic heterocycles. The maximum absolute atomic E-state index is 13.0. The van der Waals surface area contributed by atoms with Crippen molar-refractivity contribution in [3.63, 3.8) is 0 Å². The molecular formula is C20H21Cl2FN2O5S. The third kappa shape index (κ3) is 7.17. The summed E-state index contributed by atoms with van der Waals surface area (Å²) >= 11 is 11.9. The van der Waals surface area contributed by atoms with E-state index in [0.29, 0.717) is 5.02 Å². The third-order valence-electron chi connectivity index (χ3n) is 4.24. The summed E-state index contributed by atoms with van der Waals surface area (Å²) < 4.78 is 44.0. The van der Waals surface area contributed by atoms with Crippen molar-refractivity contribution in [1.82, 2.24) is 4.31 Å². The van der Waals surface area contributed by atoms with E-state index in [1.165, 1.54) is 38.2 Å². The Hall–Kier alpha value is -2.20. The van der Waals surface area contributed by atoms with E-state index in [1.807, 2.05) is 0 Å². The van der Waals surface area contributed by atoms with E-state index in [2.05, 4.69) is 5.32 Å². The predicted molar refractivity (Wildman–Crippen MR) is 116 cm³/mol. The van der Waals surface area contributed by atoms with Crippen LogP contribution in [0.3, 0.4) is 0 Å². The molecule has 2 aromatic rings. The highest BCUT2D eigenvalue weighted by Crippen LogP contribution is 2.25. The summed E-state index contributed by atoms with van der Waals surface area (Å²) in [4.78, 5) is 24.2. The maximum atomic E-state index is 13.0. The maximum Gasteiger partial charge on any atom is 0.306 e. The first-order chi connectivity index (χ1) is 14.5. The highest BCUT2D eigenvalue weighted by atomic mass is 35.5. The average molecular weight is 491 g/mol. The Morgan fingerprint density at radius 1 is 1.16 bits per heavy atom. The van der Waals surface area contributed by atoms with Gasteiger partial charge in [0.05, 0.1) is 15.6 Å². The fourth-order valence-electron chi connectivity index (χ4n) is 2.49. The minimum Gasteiger partial charge on any atom is -0.453 e. The highest BCUT2D eigenvalue weighted by Gasteiger charge is 2.22. The summed E-state index contributed by atoms with van der Waals surface area (Å²) in [7, 11) is -2.45. The lowest BCUT2D eigenvalue weighted by Gasteiger charge is -2.17. The first-order valence-electron chi connectivity index (χ1n) is 9.18. The van der Waals surface area contributed by atoms with Crippen molar-refractivity contribution >= 4 is 50.8 Å². The van der Waals surface area contributed by atoms with Crippen molar-refractivity contribution in [3.8, 4) is 0 Å². The second-order valence-electron chi connectivity index (χ2n) is 6.63. The number of hydrogen-bond donors (Lipinski definition) is 1. The molecule has 0 heterocycles. The minimum atomic E-state index is -3.81. The van der Waals surface area contributed by atoms with Crippen LogP contribution in [0, 0.1) is 5.82 Å². The molecule has 0 aliphatic heterocycles. The Morgan fingerprint density at radius 2 is 1.81 bits per heavy atom. The average Bonchev–Trinajstić information content (AvgIpc) is 2.70. The van der Waals surface area contributed by atoms with Gasteiger partial charge in [-0.25, -0.2) is 17.1 Å². The summed E-state index contributed by atoms with van der Waals surface area (Å²) in [5.41, 5.74) is 0.287.